The zero-order chi connectivity index (χ0) is 23.0. The summed E-state index contributed by atoms with van der Waals surface area (Å²) < 4.78 is 5.48. The predicted molar refractivity (Wildman–Crippen MR) is 133 cm³/mol. The number of rotatable bonds is 9. The third-order valence-electron chi connectivity index (χ3n) is 5.78. The normalized spacial score (nSPS) is 10.7. The lowest BCUT2D eigenvalue weighted by Crippen LogP contribution is -2.16. The Hall–Kier alpha value is -3.92. The quantitative estimate of drug-likeness (QED) is 0.234. The maximum atomic E-state index is 13.2. The maximum absolute atomic E-state index is 13.2. The van der Waals surface area contributed by atoms with Gasteiger partial charge in [-0.2, -0.15) is 0 Å². The second kappa shape index (κ2) is 10.6. The zero-order valence-corrected chi connectivity index (χ0v) is 18.7. The van der Waals surface area contributed by atoms with Crippen LogP contribution >= 0.6 is 0 Å². The number of hydrogen-bond donors (Lipinski definition) is 1. The average molecular weight is 438 g/mol. The fourth-order valence-electron chi connectivity index (χ4n) is 4.06. The minimum atomic E-state index is -0.269. The van der Waals surface area contributed by atoms with E-state index in [2.05, 4.69) is 17.4 Å². The van der Waals surface area contributed by atoms with Gasteiger partial charge >= 0.3 is 0 Å². The van der Waals surface area contributed by atoms with E-state index in [-0.39, 0.29) is 11.7 Å². The van der Waals surface area contributed by atoms with Gasteiger partial charge in [0.25, 0.3) is 5.91 Å². The van der Waals surface area contributed by atoms with Crippen LogP contribution in [0.1, 0.15) is 45.5 Å². The number of amides is 1. The molecule has 4 heteroatoms. The highest BCUT2D eigenvalue weighted by Gasteiger charge is 2.19. The molecule has 0 saturated heterocycles. The first-order chi connectivity index (χ1) is 16.2. The third-order valence-corrected chi connectivity index (χ3v) is 5.78. The minimum absolute atomic E-state index is 0.00446. The molecule has 4 nitrogen and oxygen atoms in total. The maximum Gasteiger partial charge on any atom is 0.256 e. The van der Waals surface area contributed by atoms with Crippen molar-refractivity contribution < 1.29 is 14.3 Å². The van der Waals surface area contributed by atoms with Crippen molar-refractivity contribution >= 4 is 28.2 Å². The van der Waals surface area contributed by atoms with Crippen molar-refractivity contribution in [2.75, 3.05) is 12.4 Å². The molecule has 33 heavy (non-hydrogen) atoms. The SMILES string of the molecule is COc1cccc(C(=O)CCCCc2ccccc2)c1NC(=O)c1cccc2ccccc12. The minimum Gasteiger partial charge on any atom is -0.495 e. The van der Waals surface area contributed by atoms with E-state index in [4.69, 9.17) is 4.74 Å². The number of carbonyl (C=O) groups is 2. The molecule has 0 saturated carbocycles. The molecule has 166 valence electrons. The van der Waals surface area contributed by atoms with Crippen LogP contribution in [0.2, 0.25) is 0 Å². The molecule has 0 radical (unpaired) electrons. The molecule has 0 aliphatic carbocycles. The van der Waals surface area contributed by atoms with E-state index in [1.807, 2.05) is 54.6 Å². The van der Waals surface area contributed by atoms with E-state index in [0.717, 1.165) is 30.0 Å². The highest BCUT2D eigenvalue weighted by Crippen LogP contribution is 2.31. The number of unbranched alkanes of at least 4 members (excludes halogenated alkanes) is 1. The number of ketones is 1. The smallest absolute Gasteiger partial charge is 0.256 e. The van der Waals surface area contributed by atoms with Crippen LogP contribution < -0.4 is 10.1 Å². The summed E-state index contributed by atoms with van der Waals surface area (Å²) in [5, 5.41) is 4.80. The van der Waals surface area contributed by atoms with Crippen LogP contribution in [-0.2, 0) is 6.42 Å². The number of para-hydroxylation sites is 1. The van der Waals surface area contributed by atoms with Crippen LogP contribution in [0.3, 0.4) is 0 Å². The second-order valence-corrected chi connectivity index (χ2v) is 7.98. The van der Waals surface area contributed by atoms with Crippen molar-refractivity contribution in [3.05, 3.63) is 108 Å². The van der Waals surface area contributed by atoms with Gasteiger partial charge in [0.2, 0.25) is 0 Å². The molecule has 0 heterocycles. The number of aryl methyl sites for hydroxylation is 1. The molecule has 0 fully saturated rings. The molecule has 0 aliphatic heterocycles. The number of ether oxygens (including phenoxy) is 1. The summed E-state index contributed by atoms with van der Waals surface area (Å²) in [4.78, 5) is 26.3. The fraction of sp³-hybridized carbons (Fsp3) is 0.172. The van der Waals surface area contributed by atoms with E-state index >= 15 is 0 Å². The molecule has 0 unspecified atom stereocenters. The monoisotopic (exact) mass is 437 g/mol. The Morgan fingerprint density at radius 3 is 2.27 bits per heavy atom. The van der Waals surface area contributed by atoms with E-state index in [1.54, 1.807) is 24.3 Å². The number of benzene rings is 4. The standard InChI is InChI=1S/C29H27NO3/c1-33-27-20-10-18-25(26(31)19-8-5-13-21-11-3-2-4-12-21)28(27)30-29(32)24-17-9-15-22-14-6-7-16-23(22)24/h2-4,6-7,9-12,14-18,20H,5,8,13,19H2,1H3,(H,30,32). The van der Waals surface area contributed by atoms with Crippen molar-refractivity contribution in [2.45, 2.75) is 25.7 Å². The van der Waals surface area contributed by atoms with Crippen LogP contribution in [0.15, 0.2) is 91.0 Å². The molecule has 0 aromatic heterocycles. The Labute approximate surface area is 194 Å². The molecule has 0 atom stereocenters. The Balaban J connectivity index is 1.51. The fourth-order valence-corrected chi connectivity index (χ4v) is 4.06. The summed E-state index contributed by atoms with van der Waals surface area (Å²) in [5.74, 6) is 0.198. The van der Waals surface area contributed by atoms with Gasteiger partial charge in [0, 0.05) is 17.5 Å². The van der Waals surface area contributed by atoms with Crippen molar-refractivity contribution in [3.8, 4) is 5.75 Å². The van der Waals surface area contributed by atoms with Gasteiger partial charge in [-0.15, -0.1) is 0 Å². The summed E-state index contributed by atoms with van der Waals surface area (Å²) in [7, 11) is 1.54. The first-order valence-corrected chi connectivity index (χ1v) is 11.2. The highest BCUT2D eigenvalue weighted by molar-refractivity contribution is 6.15. The van der Waals surface area contributed by atoms with Gasteiger partial charge in [-0.1, -0.05) is 72.8 Å². The highest BCUT2D eigenvalue weighted by atomic mass is 16.5. The number of carbonyl (C=O) groups excluding carboxylic acids is 2. The van der Waals surface area contributed by atoms with E-state index in [9.17, 15) is 9.59 Å². The van der Waals surface area contributed by atoms with Crippen molar-refractivity contribution in [2.24, 2.45) is 0 Å². The number of hydrogen-bond acceptors (Lipinski definition) is 3. The number of nitrogens with one attached hydrogen (secondary N) is 1. The Morgan fingerprint density at radius 1 is 0.758 bits per heavy atom. The van der Waals surface area contributed by atoms with E-state index < -0.39 is 0 Å². The van der Waals surface area contributed by atoms with Gasteiger partial charge in [-0.3, -0.25) is 9.59 Å². The van der Waals surface area contributed by atoms with Gasteiger partial charge in [0.15, 0.2) is 5.78 Å². The van der Waals surface area contributed by atoms with Gasteiger partial charge in [-0.05, 0) is 53.8 Å². The zero-order valence-electron chi connectivity index (χ0n) is 18.7. The third kappa shape index (κ3) is 5.29. The van der Waals surface area contributed by atoms with Crippen molar-refractivity contribution in [1.82, 2.24) is 0 Å². The first kappa shape index (κ1) is 22.3. The van der Waals surface area contributed by atoms with Gasteiger partial charge < -0.3 is 10.1 Å². The number of fused-ring (bicyclic) bond motifs is 1. The number of Topliss-reactive ketones (excluding diaryl/α,β-unsaturated/α-hetero) is 1. The average Bonchev–Trinajstić information content (AvgIpc) is 2.86. The number of methoxy groups -OCH3 is 1. The van der Waals surface area contributed by atoms with Gasteiger partial charge in [0.1, 0.15) is 5.75 Å². The Morgan fingerprint density at radius 2 is 1.45 bits per heavy atom. The molecule has 4 aromatic carbocycles. The summed E-state index contributed by atoms with van der Waals surface area (Å²) in [6.45, 7) is 0. The van der Waals surface area contributed by atoms with Crippen LogP contribution in [0.5, 0.6) is 5.75 Å². The molecule has 4 aromatic rings. The second-order valence-electron chi connectivity index (χ2n) is 7.98. The summed E-state index contributed by atoms with van der Waals surface area (Å²) in [6.07, 6.45) is 3.06. The van der Waals surface area contributed by atoms with Crippen LogP contribution in [-0.4, -0.2) is 18.8 Å². The molecule has 0 spiro atoms. The molecule has 1 amide bonds. The topological polar surface area (TPSA) is 55.4 Å². The Kier molecular flexibility index (Phi) is 7.16. The summed E-state index contributed by atoms with van der Waals surface area (Å²) in [6, 6.07) is 28.9. The van der Waals surface area contributed by atoms with E-state index in [1.165, 1.54) is 12.7 Å². The molecule has 0 aliphatic rings. The van der Waals surface area contributed by atoms with Crippen LogP contribution in [0, 0.1) is 0 Å². The van der Waals surface area contributed by atoms with Gasteiger partial charge in [0.05, 0.1) is 12.8 Å². The Bertz CT molecular complexity index is 1260. The summed E-state index contributed by atoms with van der Waals surface area (Å²) in [5.41, 5.74) is 2.73. The van der Waals surface area contributed by atoms with Crippen LogP contribution in [0.25, 0.3) is 10.8 Å². The molecule has 4 rings (SSSR count). The van der Waals surface area contributed by atoms with E-state index in [0.29, 0.717) is 29.0 Å². The largest absolute Gasteiger partial charge is 0.495 e. The predicted octanol–water partition coefficient (Wildman–Crippen LogP) is 6.70. The van der Waals surface area contributed by atoms with Crippen molar-refractivity contribution in [3.63, 3.8) is 0 Å². The lowest BCUT2D eigenvalue weighted by molar-refractivity contribution is 0.0980. The molecule has 1 N–H and O–H groups in total. The molecular formula is C29H27NO3. The number of anilines is 1. The molecule has 0 bridgehead atoms. The molecular weight excluding hydrogens is 410 g/mol. The van der Waals surface area contributed by atoms with Crippen molar-refractivity contribution in [1.29, 1.82) is 0 Å². The lowest BCUT2D eigenvalue weighted by atomic mass is 10.00. The summed E-state index contributed by atoms with van der Waals surface area (Å²) >= 11 is 0. The first-order valence-electron chi connectivity index (χ1n) is 11.2. The van der Waals surface area contributed by atoms with Crippen LogP contribution in [0.4, 0.5) is 5.69 Å². The lowest BCUT2D eigenvalue weighted by Gasteiger charge is -2.15. The van der Waals surface area contributed by atoms with Gasteiger partial charge in [-0.25, -0.2) is 0 Å².